The van der Waals surface area contributed by atoms with E-state index in [4.69, 9.17) is 4.74 Å². The molecular weight excluding hydrogens is 384 g/mol. The molecule has 1 aromatic rings. The highest BCUT2D eigenvalue weighted by Gasteiger charge is 2.45. The number of carbonyl (C=O) groups excluding carboxylic acids is 5. The molecule has 1 fully saturated rings. The summed E-state index contributed by atoms with van der Waals surface area (Å²) in [5.74, 6) is -2.71. The summed E-state index contributed by atoms with van der Waals surface area (Å²) >= 11 is 1.10. The number of ether oxygens (including phenoxy) is 1. The first-order chi connectivity index (χ1) is 13.1. The number of thioether (sulfide) groups is 1. The van der Waals surface area contributed by atoms with Crippen LogP contribution in [-0.2, 0) is 19.1 Å². The fourth-order valence-corrected chi connectivity index (χ4v) is 3.96. The molecule has 9 heteroatoms. The molecule has 3 rings (SSSR count). The second-order valence-electron chi connectivity index (χ2n) is 7.50. The standard InChI is InChI=1S/C19H20N2O6S/c1-19(2,3)27-14(23)9-28-12-6-4-5-10-15(12)18(26)21(17(10)25)11-7-8-13(22)20-16(11)24/h4-6,11H,7-9H2,1-3H3,(H,20,22,24). The van der Waals surface area contributed by atoms with E-state index in [0.717, 1.165) is 16.7 Å². The molecule has 4 amide bonds. The summed E-state index contributed by atoms with van der Waals surface area (Å²) in [6.45, 7) is 5.28. The van der Waals surface area contributed by atoms with Crippen molar-refractivity contribution in [2.24, 2.45) is 0 Å². The molecule has 1 atom stereocenters. The third-order valence-electron chi connectivity index (χ3n) is 4.20. The van der Waals surface area contributed by atoms with E-state index >= 15 is 0 Å². The third kappa shape index (κ3) is 3.94. The lowest BCUT2D eigenvalue weighted by molar-refractivity contribution is -0.151. The summed E-state index contributed by atoms with van der Waals surface area (Å²) in [6, 6.07) is 3.76. The van der Waals surface area contributed by atoms with Gasteiger partial charge in [0.05, 0.1) is 16.9 Å². The van der Waals surface area contributed by atoms with E-state index in [1.54, 1.807) is 32.9 Å². The Balaban J connectivity index is 1.81. The van der Waals surface area contributed by atoms with Gasteiger partial charge in [-0.2, -0.15) is 0 Å². The number of carbonyl (C=O) groups is 5. The molecule has 148 valence electrons. The third-order valence-corrected chi connectivity index (χ3v) is 5.23. The predicted molar refractivity (Wildman–Crippen MR) is 99.7 cm³/mol. The van der Waals surface area contributed by atoms with Crippen LogP contribution in [0.3, 0.4) is 0 Å². The molecule has 0 radical (unpaired) electrons. The largest absolute Gasteiger partial charge is 0.459 e. The normalized spacial score (nSPS) is 19.5. The van der Waals surface area contributed by atoms with Gasteiger partial charge in [0.1, 0.15) is 11.6 Å². The van der Waals surface area contributed by atoms with Crippen molar-refractivity contribution in [1.29, 1.82) is 0 Å². The highest BCUT2D eigenvalue weighted by molar-refractivity contribution is 8.00. The molecule has 2 aliphatic rings. The Labute approximate surface area is 166 Å². The van der Waals surface area contributed by atoms with Crippen LogP contribution in [0.2, 0.25) is 0 Å². The van der Waals surface area contributed by atoms with Crippen molar-refractivity contribution in [3.05, 3.63) is 29.3 Å². The molecule has 0 bridgehead atoms. The monoisotopic (exact) mass is 404 g/mol. The van der Waals surface area contributed by atoms with E-state index < -0.39 is 41.2 Å². The van der Waals surface area contributed by atoms with Crippen molar-refractivity contribution in [3.8, 4) is 0 Å². The first kappa shape index (κ1) is 20.1. The van der Waals surface area contributed by atoms with Crippen molar-refractivity contribution < 1.29 is 28.7 Å². The topological polar surface area (TPSA) is 110 Å². The van der Waals surface area contributed by atoms with E-state index in [0.29, 0.717) is 4.90 Å². The minimum Gasteiger partial charge on any atom is -0.459 e. The minimum absolute atomic E-state index is 0.0202. The number of fused-ring (bicyclic) bond motifs is 1. The van der Waals surface area contributed by atoms with Crippen LogP contribution in [0, 0.1) is 0 Å². The fraction of sp³-hybridized carbons (Fsp3) is 0.421. The molecule has 1 saturated heterocycles. The molecule has 2 heterocycles. The van der Waals surface area contributed by atoms with Crippen LogP contribution < -0.4 is 5.32 Å². The van der Waals surface area contributed by atoms with Gasteiger partial charge in [-0.3, -0.25) is 34.2 Å². The predicted octanol–water partition coefficient (Wildman–Crippen LogP) is 1.52. The summed E-state index contributed by atoms with van der Waals surface area (Å²) in [5, 5.41) is 2.16. The van der Waals surface area contributed by atoms with E-state index in [-0.39, 0.29) is 29.7 Å². The number of piperidine rings is 1. The number of amides is 4. The molecule has 28 heavy (non-hydrogen) atoms. The van der Waals surface area contributed by atoms with Gasteiger partial charge in [-0.25, -0.2) is 0 Å². The van der Waals surface area contributed by atoms with Crippen LogP contribution in [0.5, 0.6) is 0 Å². The molecular formula is C19H20N2O6S. The van der Waals surface area contributed by atoms with Crippen LogP contribution in [0.15, 0.2) is 23.1 Å². The molecule has 2 aliphatic heterocycles. The van der Waals surface area contributed by atoms with E-state index in [9.17, 15) is 24.0 Å². The Hall–Kier alpha value is -2.68. The smallest absolute Gasteiger partial charge is 0.316 e. The highest BCUT2D eigenvalue weighted by Crippen LogP contribution is 2.34. The van der Waals surface area contributed by atoms with Crippen LogP contribution in [0.4, 0.5) is 0 Å². The lowest BCUT2D eigenvalue weighted by Gasteiger charge is -2.27. The quantitative estimate of drug-likeness (QED) is 0.460. The molecule has 0 aromatic heterocycles. The number of esters is 1. The summed E-state index contributed by atoms with van der Waals surface area (Å²) in [6.07, 6.45) is 0.153. The van der Waals surface area contributed by atoms with Crippen LogP contribution in [-0.4, -0.2) is 51.9 Å². The van der Waals surface area contributed by atoms with E-state index in [2.05, 4.69) is 5.32 Å². The van der Waals surface area contributed by atoms with Crippen molar-refractivity contribution in [1.82, 2.24) is 10.2 Å². The van der Waals surface area contributed by atoms with Gasteiger partial charge < -0.3 is 4.74 Å². The molecule has 8 nitrogen and oxygen atoms in total. The van der Waals surface area contributed by atoms with Crippen molar-refractivity contribution >= 4 is 41.4 Å². The molecule has 1 N–H and O–H groups in total. The number of hydrogen-bond acceptors (Lipinski definition) is 7. The lowest BCUT2D eigenvalue weighted by Crippen LogP contribution is -2.54. The average molecular weight is 404 g/mol. The number of nitrogens with one attached hydrogen (secondary N) is 1. The molecule has 0 aliphatic carbocycles. The Morgan fingerprint density at radius 2 is 1.93 bits per heavy atom. The second-order valence-corrected chi connectivity index (χ2v) is 8.52. The molecule has 1 aromatic carbocycles. The number of rotatable bonds is 4. The molecule has 1 unspecified atom stereocenters. The van der Waals surface area contributed by atoms with Gasteiger partial charge >= 0.3 is 5.97 Å². The number of hydrogen-bond donors (Lipinski definition) is 1. The lowest BCUT2D eigenvalue weighted by atomic mass is 10.0. The molecule has 0 saturated carbocycles. The van der Waals surface area contributed by atoms with Gasteiger partial charge in [-0.1, -0.05) is 6.07 Å². The number of imide groups is 2. The minimum atomic E-state index is -1.02. The zero-order chi connectivity index (χ0) is 20.6. The van der Waals surface area contributed by atoms with Gasteiger partial charge in [-0.05, 0) is 39.3 Å². The van der Waals surface area contributed by atoms with Crippen molar-refractivity contribution in [2.75, 3.05) is 5.75 Å². The maximum absolute atomic E-state index is 12.9. The number of benzene rings is 1. The van der Waals surface area contributed by atoms with Crippen molar-refractivity contribution in [2.45, 2.75) is 50.2 Å². The average Bonchev–Trinajstić information content (AvgIpc) is 2.84. The highest BCUT2D eigenvalue weighted by atomic mass is 32.2. The van der Waals surface area contributed by atoms with Crippen molar-refractivity contribution in [3.63, 3.8) is 0 Å². The van der Waals surface area contributed by atoms with Gasteiger partial charge in [0, 0.05) is 11.3 Å². The summed E-state index contributed by atoms with van der Waals surface area (Å²) in [5.41, 5.74) is -0.264. The van der Waals surface area contributed by atoms with Crippen LogP contribution in [0.1, 0.15) is 54.3 Å². The Morgan fingerprint density at radius 3 is 2.57 bits per heavy atom. The first-order valence-electron chi connectivity index (χ1n) is 8.78. The number of nitrogens with zero attached hydrogens (tertiary/aromatic N) is 1. The van der Waals surface area contributed by atoms with E-state index in [1.165, 1.54) is 6.07 Å². The van der Waals surface area contributed by atoms with Gasteiger partial charge in [0.2, 0.25) is 11.8 Å². The first-order valence-corrected chi connectivity index (χ1v) is 9.76. The maximum Gasteiger partial charge on any atom is 0.316 e. The fourth-order valence-electron chi connectivity index (χ4n) is 3.11. The van der Waals surface area contributed by atoms with Gasteiger partial charge in [0.25, 0.3) is 11.8 Å². The zero-order valence-electron chi connectivity index (χ0n) is 15.7. The zero-order valence-corrected chi connectivity index (χ0v) is 16.6. The van der Waals surface area contributed by atoms with Crippen LogP contribution in [0.25, 0.3) is 0 Å². The second kappa shape index (κ2) is 7.38. The Bertz CT molecular complexity index is 889. The van der Waals surface area contributed by atoms with Gasteiger partial charge in [-0.15, -0.1) is 11.8 Å². The Morgan fingerprint density at radius 1 is 1.21 bits per heavy atom. The van der Waals surface area contributed by atoms with Crippen LogP contribution >= 0.6 is 11.8 Å². The molecule has 0 spiro atoms. The summed E-state index contributed by atoms with van der Waals surface area (Å²) < 4.78 is 5.26. The summed E-state index contributed by atoms with van der Waals surface area (Å²) in [4.78, 5) is 62.5. The SMILES string of the molecule is CC(C)(C)OC(=O)CSc1cccc2c1C(=O)N(C1CCC(=O)NC1=O)C2=O. The van der Waals surface area contributed by atoms with Gasteiger partial charge in [0.15, 0.2) is 0 Å². The van der Waals surface area contributed by atoms with E-state index in [1.807, 2.05) is 0 Å². The maximum atomic E-state index is 12.9. The summed E-state index contributed by atoms with van der Waals surface area (Å²) in [7, 11) is 0. The Kier molecular flexibility index (Phi) is 5.29.